The lowest BCUT2D eigenvalue weighted by molar-refractivity contribution is -0.154. The molecule has 1 aliphatic rings. The number of rotatable bonds is 4. The fourth-order valence-electron chi connectivity index (χ4n) is 2.85. The molecule has 24 heavy (non-hydrogen) atoms. The highest BCUT2D eigenvalue weighted by molar-refractivity contribution is 5.96. The molecule has 1 aliphatic heterocycles. The van der Waals surface area contributed by atoms with Gasteiger partial charge in [0.05, 0.1) is 13.2 Å². The number of morpholine rings is 1. The summed E-state index contributed by atoms with van der Waals surface area (Å²) in [6.07, 6.45) is -0.292. The summed E-state index contributed by atoms with van der Waals surface area (Å²) in [7, 11) is 0. The lowest BCUT2D eigenvalue weighted by atomic mass is 9.98. The summed E-state index contributed by atoms with van der Waals surface area (Å²) in [5.74, 6) is -1.18. The Bertz CT molecular complexity index is 729. The number of aliphatic carboxylic acids is 1. The molecule has 3 rings (SSSR count). The molecule has 1 heterocycles. The number of carbonyl (C=O) groups excluding carboxylic acids is 1. The fourth-order valence-corrected chi connectivity index (χ4v) is 2.85. The van der Waals surface area contributed by atoms with Gasteiger partial charge in [-0.05, 0) is 23.6 Å². The molecule has 124 valence electrons. The van der Waals surface area contributed by atoms with Gasteiger partial charge in [-0.25, -0.2) is 4.79 Å². The molecule has 1 atom stereocenters. The number of carboxylic acids is 1. The Kier molecular flexibility index (Phi) is 4.91. The summed E-state index contributed by atoms with van der Waals surface area (Å²) in [5.41, 5.74) is 2.68. The Labute approximate surface area is 140 Å². The van der Waals surface area contributed by atoms with Crippen LogP contribution in [0.5, 0.6) is 0 Å². The molecule has 0 aliphatic carbocycles. The standard InChI is InChI=1S/C19H19NO4/c21-18(20-10-11-24-17(13-20)19(22)23)16-9-5-4-8-15(16)12-14-6-2-1-3-7-14/h1-9,17H,10-13H2,(H,22,23)/t17-/m1/s1. The van der Waals surface area contributed by atoms with Gasteiger partial charge in [0.1, 0.15) is 0 Å². The number of benzene rings is 2. The van der Waals surface area contributed by atoms with E-state index in [0.717, 1.165) is 11.1 Å². The van der Waals surface area contributed by atoms with Gasteiger partial charge in [-0.15, -0.1) is 0 Å². The lowest BCUT2D eigenvalue weighted by Gasteiger charge is -2.31. The third-order valence-electron chi connectivity index (χ3n) is 4.11. The van der Waals surface area contributed by atoms with Crippen LogP contribution in [0, 0.1) is 0 Å². The van der Waals surface area contributed by atoms with Crippen LogP contribution in [0.25, 0.3) is 0 Å². The molecule has 2 aromatic carbocycles. The minimum Gasteiger partial charge on any atom is -0.479 e. The molecule has 0 unspecified atom stereocenters. The number of nitrogens with zero attached hydrogens (tertiary/aromatic N) is 1. The first kappa shape index (κ1) is 16.2. The first-order valence-electron chi connectivity index (χ1n) is 7.90. The minimum atomic E-state index is -1.04. The number of carbonyl (C=O) groups is 2. The van der Waals surface area contributed by atoms with Gasteiger partial charge in [0.15, 0.2) is 6.10 Å². The number of hydrogen-bond donors (Lipinski definition) is 1. The molecule has 0 saturated carbocycles. The molecular weight excluding hydrogens is 306 g/mol. The number of amides is 1. The van der Waals surface area contributed by atoms with E-state index in [-0.39, 0.29) is 19.1 Å². The van der Waals surface area contributed by atoms with Crippen molar-refractivity contribution < 1.29 is 19.4 Å². The van der Waals surface area contributed by atoms with Crippen molar-refractivity contribution in [1.82, 2.24) is 4.90 Å². The highest BCUT2D eigenvalue weighted by Crippen LogP contribution is 2.18. The molecular formula is C19H19NO4. The van der Waals surface area contributed by atoms with E-state index < -0.39 is 12.1 Å². The fraction of sp³-hybridized carbons (Fsp3) is 0.263. The van der Waals surface area contributed by atoms with Crippen LogP contribution in [-0.2, 0) is 16.0 Å². The van der Waals surface area contributed by atoms with Gasteiger partial charge in [0, 0.05) is 12.1 Å². The summed E-state index contributed by atoms with van der Waals surface area (Å²) < 4.78 is 5.19. The van der Waals surface area contributed by atoms with E-state index in [4.69, 9.17) is 9.84 Å². The van der Waals surface area contributed by atoms with Gasteiger partial charge < -0.3 is 14.7 Å². The first-order chi connectivity index (χ1) is 11.6. The average molecular weight is 325 g/mol. The van der Waals surface area contributed by atoms with E-state index in [1.165, 1.54) is 0 Å². The molecule has 0 aromatic heterocycles. The molecule has 5 nitrogen and oxygen atoms in total. The number of carboxylic acid groups (broad SMARTS) is 1. The van der Waals surface area contributed by atoms with Crippen molar-refractivity contribution in [2.24, 2.45) is 0 Å². The van der Waals surface area contributed by atoms with Crippen molar-refractivity contribution in [3.63, 3.8) is 0 Å². The van der Waals surface area contributed by atoms with Crippen LogP contribution >= 0.6 is 0 Å². The molecule has 1 saturated heterocycles. The van der Waals surface area contributed by atoms with Crippen LogP contribution in [0.1, 0.15) is 21.5 Å². The van der Waals surface area contributed by atoms with Crippen LogP contribution in [0.4, 0.5) is 0 Å². The van der Waals surface area contributed by atoms with Gasteiger partial charge in [-0.2, -0.15) is 0 Å². The third-order valence-corrected chi connectivity index (χ3v) is 4.11. The van der Waals surface area contributed by atoms with Gasteiger partial charge in [0.2, 0.25) is 0 Å². The van der Waals surface area contributed by atoms with E-state index in [0.29, 0.717) is 18.5 Å². The minimum absolute atomic E-state index is 0.0772. The summed E-state index contributed by atoms with van der Waals surface area (Å²) in [6.45, 7) is 0.722. The van der Waals surface area contributed by atoms with Crippen molar-refractivity contribution in [3.05, 3.63) is 71.3 Å². The number of hydrogen-bond acceptors (Lipinski definition) is 3. The lowest BCUT2D eigenvalue weighted by Crippen LogP contribution is -2.48. The maximum Gasteiger partial charge on any atom is 0.334 e. The van der Waals surface area contributed by atoms with E-state index in [1.54, 1.807) is 11.0 Å². The predicted molar refractivity (Wildman–Crippen MR) is 89.0 cm³/mol. The molecule has 1 fully saturated rings. The average Bonchev–Trinajstić information content (AvgIpc) is 2.62. The van der Waals surface area contributed by atoms with Gasteiger partial charge in [-0.3, -0.25) is 4.79 Å². The summed E-state index contributed by atoms with van der Waals surface area (Å²) in [4.78, 5) is 25.5. The van der Waals surface area contributed by atoms with Gasteiger partial charge in [-0.1, -0.05) is 48.5 Å². The molecule has 5 heteroatoms. The van der Waals surface area contributed by atoms with Gasteiger partial charge >= 0.3 is 5.97 Å². The van der Waals surface area contributed by atoms with Crippen molar-refractivity contribution in [2.75, 3.05) is 19.7 Å². The second kappa shape index (κ2) is 7.27. The highest BCUT2D eigenvalue weighted by Gasteiger charge is 2.30. The summed E-state index contributed by atoms with van der Waals surface area (Å²) >= 11 is 0. The molecule has 0 bridgehead atoms. The van der Waals surface area contributed by atoms with E-state index in [1.807, 2.05) is 48.5 Å². The molecule has 2 aromatic rings. The zero-order valence-corrected chi connectivity index (χ0v) is 13.2. The molecule has 0 spiro atoms. The van der Waals surface area contributed by atoms with Crippen molar-refractivity contribution in [1.29, 1.82) is 0 Å². The Hall–Kier alpha value is -2.66. The van der Waals surface area contributed by atoms with Crippen LogP contribution in [-0.4, -0.2) is 47.7 Å². The quantitative estimate of drug-likeness (QED) is 0.936. The second-order valence-electron chi connectivity index (χ2n) is 5.77. The van der Waals surface area contributed by atoms with E-state index >= 15 is 0 Å². The second-order valence-corrected chi connectivity index (χ2v) is 5.77. The monoisotopic (exact) mass is 325 g/mol. The van der Waals surface area contributed by atoms with Crippen LogP contribution < -0.4 is 0 Å². The summed E-state index contributed by atoms with van der Waals surface area (Å²) in [6, 6.07) is 17.4. The molecule has 1 N–H and O–H groups in total. The predicted octanol–water partition coefficient (Wildman–Crippen LogP) is 2.20. The first-order valence-corrected chi connectivity index (χ1v) is 7.90. The Morgan fingerprint density at radius 2 is 1.79 bits per heavy atom. The zero-order chi connectivity index (χ0) is 16.9. The maximum atomic E-state index is 12.9. The molecule has 1 amide bonds. The largest absolute Gasteiger partial charge is 0.479 e. The van der Waals surface area contributed by atoms with E-state index in [2.05, 4.69) is 0 Å². The third kappa shape index (κ3) is 3.63. The Morgan fingerprint density at radius 3 is 2.54 bits per heavy atom. The van der Waals surface area contributed by atoms with Crippen LogP contribution in [0.15, 0.2) is 54.6 Å². The highest BCUT2D eigenvalue weighted by atomic mass is 16.5. The SMILES string of the molecule is O=C(O)[C@H]1CN(C(=O)c2ccccc2Cc2ccccc2)CCO1. The number of ether oxygens (including phenoxy) is 1. The molecule has 0 radical (unpaired) electrons. The smallest absolute Gasteiger partial charge is 0.334 e. The van der Waals surface area contributed by atoms with E-state index in [9.17, 15) is 9.59 Å². The van der Waals surface area contributed by atoms with Gasteiger partial charge in [0.25, 0.3) is 5.91 Å². The van der Waals surface area contributed by atoms with Crippen LogP contribution in [0.3, 0.4) is 0 Å². The van der Waals surface area contributed by atoms with Crippen molar-refractivity contribution >= 4 is 11.9 Å². The topological polar surface area (TPSA) is 66.8 Å². The van der Waals surface area contributed by atoms with Crippen molar-refractivity contribution in [2.45, 2.75) is 12.5 Å². The van der Waals surface area contributed by atoms with Crippen molar-refractivity contribution in [3.8, 4) is 0 Å². The maximum absolute atomic E-state index is 12.9. The summed E-state index contributed by atoms with van der Waals surface area (Å²) in [5, 5.41) is 9.09. The van der Waals surface area contributed by atoms with Crippen LogP contribution in [0.2, 0.25) is 0 Å². The zero-order valence-electron chi connectivity index (χ0n) is 13.2. The Balaban J connectivity index is 1.81. The Morgan fingerprint density at radius 1 is 1.08 bits per heavy atom. The normalized spacial score (nSPS) is 17.5.